The summed E-state index contributed by atoms with van der Waals surface area (Å²) in [4.78, 5) is 25.6. The molecule has 0 bridgehead atoms. The first-order valence-electron chi connectivity index (χ1n) is 10.9. The third-order valence-corrected chi connectivity index (χ3v) is 7.76. The van der Waals surface area contributed by atoms with Crippen LogP contribution in [0, 0.1) is 5.82 Å². The van der Waals surface area contributed by atoms with E-state index >= 15 is 0 Å². The van der Waals surface area contributed by atoms with Crippen LogP contribution in [0.15, 0.2) is 53.4 Å². The number of hydrogen-bond donors (Lipinski definition) is 1. The van der Waals surface area contributed by atoms with Gasteiger partial charge in [0.25, 0.3) is 21.8 Å². The molecule has 3 aromatic rings. The number of hydrogen-bond acceptors (Lipinski definition) is 5. The van der Waals surface area contributed by atoms with Gasteiger partial charge in [0.05, 0.1) is 16.9 Å². The Balaban J connectivity index is 1.50. The van der Waals surface area contributed by atoms with E-state index in [4.69, 9.17) is 0 Å². The molecule has 1 aromatic heterocycles. The molecule has 0 atom stereocenters. The van der Waals surface area contributed by atoms with Gasteiger partial charge in [-0.3, -0.25) is 9.59 Å². The summed E-state index contributed by atoms with van der Waals surface area (Å²) in [6.07, 6.45) is 1.30. The quantitative estimate of drug-likeness (QED) is 0.608. The van der Waals surface area contributed by atoms with Crippen LogP contribution in [-0.2, 0) is 15.4 Å². The van der Waals surface area contributed by atoms with Crippen molar-refractivity contribution < 1.29 is 22.4 Å². The van der Waals surface area contributed by atoms with E-state index in [-0.39, 0.29) is 27.5 Å². The van der Waals surface area contributed by atoms with E-state index in [0.717, 1.165) is 4.31 Å². The molecule has 8 nitrogen and oxygen atoms in total. The predicted molar refractivity (Wildman–Crippen MR) is 123 cm³/mol. The molecule has 1 fully saturated rings. The number of nitrogens with one attached hydrogen (secondary N) is 1. The van der Waals surface area contributed by atoms with Gasteiger partial charge in [-0.15, -0.1) is 0 Å². The maximum Gasteiger partial charge on any atom is 0.269 e. The molecule has 2 aromatic carbocycles. The number of benzene rings is 2. The smallest absolute Gasteiger partial charge is 0.269 e. The summed E-state index contributed by atoms with van der Waals surface area (Å²) >= 11 is 0. The minimum atomic E-state index is -3.98. The van der Waals surface area contributed by atoms with Crippen LogP contribution in [0.2, 0.25) is 0 Å². The van der Waals surface area contributed by atoms with Crippen molar-refractivity contribution in [3.8, 4) is 5.69 Å². The van der Waals surface area contributed by atoms with Crippen molar-refractivity contribution in [2.24, 2.45) is 0 Å². The van der Waals surface area contributed by atoms with Gasteiger partial charge in [-0.2, -0.15) is 5.10 Å². The highest BCUT2D eigenvalue weighted by Gasteiger charge is 2.48. The molecular formula is C24H23FN4O4S. The SMILES string of the molecule is CC(C)(C)c1cc(NC(=O)c2ccc3c(c2)S(=O)(=O)N(C2CC2)C3=O)n(-c2ccc(F)cc2)n1. The normalized spacial score (nSPS) is 17.1. The number of fused-ring (bicyclic) bond motifs is 1. The lowest BCUT2D eigenvalue weighted by Gasteiger charge is -2.14. The van der Waals surface area contributed by atoms with E-state index in [1.165, 1.54) is 35.0 Å². The number of sulfonamides is 1. The van der Waals surface area contributed by atoms with Crippen molar-refractivity contribution in [2.45, 2.75) is 50.0 Å². The van der Waals surface area contributed by atoms with E-state index in [2.05, 4.69) is 10.4 Å². The minimum Gasteiger partial charge on any atom is -0.306 e. The van der Waals surface area contributed by atoms with Crippen LogP contribution in [0.4, 0.5) is 10.2 Å². The van der Waals surface area contributed by atoms with Gasteiger partial charge >= 0.3 is 0 Å². The van der Waals surface area contributed by atoms with Gasteiger partial charge in [-0.25, -0.2) is 21.8 Å². The molecule has 1 aliphatic heterocycles. The molecule has 1 saturated carbocycles. The zero-order chi connectivity index (χ0) is 24.4. The van der Waals surface area contributed by atoms with Crippen LogP contribution in [0.25, 0.3) is 5.69 Å². The first kappa shape index (κ1) is 22.3. The number of anilines is 1. The Kier molecular flexibility index (Phi) is 4.91. The van der Waals surface area contributed by atoms with Crippen LogP contribution in [0.5, 0.6) is 0 Å². The molecule has 34 heavy (non-hydrogen) atoms. The third-order valence-electron chi connectivity index (χ3n) is 5.88. The fraction of sp³-hybridized carbons (Fsp3) is 0.292. The fourth-order valence-corrected chi connectivity index (χ4v) is 5.70. The Morgan fingerprint density at radius 1 is 1.09 bits per heavy atom. The lowest BCUT2D eigenvalue weighted by atomic mass is 9.92. The third kappa shape index (κ3) is 3.67. The molecule has 1 aliphatic carbocycles. The number of rotatable bonds is 4. The Morgan fingerprint density at radius 3 is 2.38 bits per heavy atom. The zero-order valence-electron chi connectivity index (χ0n) is 18.9. The molecule has 0 spiro atoms. The average molecular weight is 483 g/mol. The lowest BCUT2D eigenvalue weighted by molar-refractivity contribution is 0.0864. The number of halogens is 1. The van der Waals surface area contributed by atoms with Crippen molar-refractivity contribution in [1.82, 2.24) is 14.1 Å². The van der Waals surface area contributed by atoms with Gasteiger partial charge in [0, 0.05) is 23.1 Å². The lowest BCUT2D eigenvalue weighted by Crippen LogP contribution is -2.31. The molecule has 2 aliphatic rings. The molecule has 176 valence electrons. The molecule has 2 amide bonds. The molecular weight excluding hydrogens is 459 g/mol. The van der Waals surface area contributed by atoms with Gasteiger partial charge in [-0.1, -0.05) is 20.8 Å². The highest BCUT2D eigenvalue weighted by molar-refractivity contribution is 7.90. The first-order chi connectivity index (χ1) is 16.0. The predicted octanol–water partition coefficient (Wildman–Crippen LogP) is 3.87. The Hall–Kier alpha value is -3.53. The Bertz CT molecular complexity index is 1430. The van der Waals surface area contributed by atoms with Gasteiger partial charge in [-0.05, 0) is 55.3 Å². The van der Waals surface area contributed by atoms with E-state index in [9.17, 15) is 22.4 Å². The van der Waals surface area contributed by atoms with Gasteiger partial charge < -0.3 is 5.32 Å². The summed E-state index contributed by atoms with van der Waals surface area (Å²) in [5.74, 6) is -1.15. The highest BCUT2D eigenvalue weighted by Crippen LogP contribution is 2.39. The van der Waals surface area contributed by atoms with E-state index < -0.39 is 27.7 Å². The van der Waals surface area contributed by atoms with Crippen molar-refractivity contribution in [1.29, 1.82) is 0 Å². The van der Waals surface area contributed by atoms with Crippen molar-refractivity contribution in [2.75, 3.05) is 5.32 Å². The molecule has 0 radical (unpaired) electrons. The second-order valence-corrected chi connectivity index (χ2v) is 11.3. The summed E-state index contributed by atoms with van der Waals surface area (Å²) in [6.45, 7) is 5.93. The Labute approximate surface area is 196 Å². The van der Waals surface area contributed by atoms with Crippen LogP contribution in [0.3, 0.4) is 0 Å². The van der Waals surface area contributed by atoms with Crippen molar-refractivity contribution in [3.63, 3.8) is 0 Å². The van der Waals surface area contributed by atoms with Crippen LogP contribution < -0.4 is 5.32 Å². The highest BCUT2D eigenvalue weighted by atomic mass is 32.2. The van der Waals surface area contributed by atoms with Crippen molar-refractivity contribution in [3.05, 3.63) is 71.2 Å². The fourth-order valence-electron chi connectivity index (χ4n) is 3.86. The van der Waals surface area contributed by atoms with Gasteiger partial charge in [0.1, 0.15) is 16.5 Å². The van der Waals surface area contributed by atoms with Crippen LogP contribution in [0.1, 0.15) is 60.0 Å². The molecule has 0 unspecified atom stereocenters. The maximum absolute atomic E-state index is 13.4. The summed E-state index contributed by atoms with van der Waals surface area (Å²) in [5, 5.41) is 7.37. The van der Waals surface area contributed by atoms with E-state index in [1.807, 2.05) is 20.8 Å². The van der Waals surface area contributed by atoms with E-state index in [1.54, 1.807) is 18.2 Å². The number of amides is 2. The molecule has 2 heterocycles. The topological polar surface area (TPSA) is 101 Å². The van der Waals surface area contributed by atoms with Gasteiger partial charge in [0.2, 0.25) is 0 Å². The standard InChI is InChI=1S/C24H23FN4O4S/c1-24(2,3)20-13-21(28(27-20)16-7-5-15(25)6-8-16)26-22(30)14-4-11-18-19(12-14)34(32,33)29(23(18)31)17-9-10-17/h4-8,11-13,17H,9-10H2,1-3H3,(H,26,30). The molecule has 10 heteroatoms. The number of aromatic nitrogens is 2. The van der Waals surface area contributed by atoms with Crippen molar-refractivity contribution >= 4 is 27.7 Å². The Morgan fingerprint density at radius 2 is 1.76 bits per heavy atom. The average Bonchev–Trinajstić information content (AvgIpc) is 3.46. The molecule has 1 N–H and O–H groups in total. The summed E-state index contributed by atoms with van der Waals surface area (Å²) in [7, 11) is -3.98. The summed E-state index contributed by atoms with van der Waals surface area (Å²) in [5.41, 5.74) is 1.11. The zero-order valence-corrected chi connectivity index (χ0v) is 19.7. The summed E-state index contributed by atoms with van der Waals surface area (Å²) < 4.78 is 41.7. The number of nitrogens with zero attached hydrogens (tertiary/aromatic N) is 3. The largest absolute Gasteiger partial charge is 0.306 e. The molecule has 0 saturated heterocycles. The monoisotopic (exact) mass is 482 g/mol. The second kappa shape index (κ2) is 7.49. The van der Waals surface area contributed by atoms with E-state index in [0.29, 0.717) is 30.0 Å². The van der Waals surface area contributed by atoms with Crippen LogP contribution >= 0.6 is 0 Å². The van der Waals surface area contributed by atoms with Crippen LogP contribution in [-0.4, -0.2) is 40.4 Å². The maximum atomic E-state index is 13.4. The minimum absolute atomic E-state index is 0.0785. The first-order valence-corrected chi connectivity index (χ1v) is 12.3. The molecule has 5 rings (SSSR count). The second-order valence-electron chi connectivity index (χ2n) is 9.56. The summed E-state index contributed by atoms with van der Waals surface area (Å²) in [6, 6.07) is 11.2. The number of carbonyl (C=O) groups is 2. The number of carbonyl (C=O) groups excluding carboxylic acids is 2. The van der Waals surface area contributed by atoms with Gasteiger partial charge in [0.15, 0.2) is 0 Å².